The van der Waals surface area contributed by atoms with Crippen LogP contribution in [0.4, 0.5) is 14.5 Å². The molecule has 0 saturated heterocycles. The van der Waals surface area contributed by atoms with E-state index in [1.54, 1.807) is 30.3 Å². The Kier molecular flexibility index (Phi) is 6.87. The first-order chi connectivity index (χ1) is 13.9. The van der Waals surface area contributed by atoms with Gasteiger partial charge in [0.05, 0.1) is 0 Å². The van der Waals surface area contributed by atoms with Crippen molar-refractivity contribution in [2.75, 3.05) is 11.9 Å². The highest BCUT2D eigenvalue weighted by molar-refractivity contribution is 7.99. The lowest BCUT2D eigenvalue weighted by molar-refractivity contribution is -0.118. The maximum Gasteiger partial charge on any atom is 0.336 e. The summed E-state index contributed by atoms with van der Waals surface area (Å²) < 4.78 is 35.4. The van der Waals surface area contributed by atoms with Crippen molar-refractivity contribution in [3.8, 4) is 5.75 Å². The first kappa shape index (κ1) is 20.9. The summed E-state index contributed by atoms with van der Waals surface area (Å²) in [6.07, 6.45) is 1.66. The number of amides is 1. The van der Waals surface area contributed by atoms with Gasteiger partial charge in [-0.3, -0.25) is 4.79 Å². The molecule has 0 radical (unpaired) electrons. The minimum absolute atomic E-state index is 0.252. The van der Waals surface area contributed by atoms with Crippen LogP contribution in [0.1, 0.15) is 18.9 Å². The zero-order valence-electron chi connectivity index (χ0n) is 15.6. The van der Waals surface area contributed by atoms with E-state index >= 15 is 0 Å². The predicted octanol–water partition coefficient (Wildman–Crippen LogP) is 5.08. The maximum absolute atomic E-state index is 12.3. The number of carbonyl (C=O) groups is 1. The number of nitrogens with one attached hydrogen (secondary N) is 1. The number of thioether (sulfide) groups is 1. The summed E-state index contributed by atoms with van der Waals surface area (Å²) in [5.74, 6) is -2.50. The Hall–Kier alpha value is -2.87. The number of halogens is 2. The first-order valence-corrected chi connectivity index (χ1v) is 9.87. The third kappa shape index (κ3) is 5.80. The Morgan fingerprint density at radius 1 is 1.17 bits per heavy atom. The fourth-order valence-electron chi connectivity index (χ4n) is 2.84. The fraction of sp³-hybridized carbons (Fsp3) is 0.238. The topological polar surface area (TPSA) is 68.5 Å². The second kappa shape index (κ2) is 9.56. The van der Waals surface area contributed by atoms with E-state index in [0.29, 0.717) is 33.7 Å². The van der Waals surface area contributed by atoms with Gasteiger partial charge in [-0.25, -0.2) is 4.79 Å². The molecule has 29 heavy (non-hydrogen) atoms. The Labute approximate surface area is 170 Å². The summed E-state index contributed by atoms with van der Waals surface area (Å²) in [5, 5.41) is 3.47. The van der Waals surface area contributed by atoms with Crippen molar-refractivity contribution in [1.82, 2.24) is 0 Å². The summed E-state index contributed by atoms with van der Waals surface area (Å²) in [5.41, 5.74) is 1.37. The number of rotatable bonds is 8. The highest BCUT2D eigenvalue weighted by Crippen LogP contribution is 2.26. The average molecular weight is 419 g/mol. The number of hydrogen-bond acceptors (Lipinski definition) is 5. The van der Waals surface area contributed by atoms with Gasteiger partial charge >= 0.3 is 5.63 Å². The van der Waals surface area contributed by atoms with Crippen molar-refractivity contribution < 1.29 is 22.7 Å². The number of benzene rings is 2. The Balaban J connectivity index is 1.62. The van der Waals surface area contributed by atoms with Crippen LogP contribution in [0.5, 0.6) is 5.75 Å². The minimum atomic E-state index is -2.49. The third-order valence-corrected chi connectivity index (χ3v) is 4.78. The molecule has 152 valence electrons. The van der Waals surface area contributed by atoms with Crippen LogP contribution in [0.15, 0.2) is 62.6 Å². The van der Waals surface area contributed by atoms with Gasteiger partial charge in [-0.05, 0) is 48.4 Å². The lowest BCUT2D eigenvalue weighted by Crippen LogP contribution is -2.20. The molecule has 2 aromatic carbocycles. The molecule has 5 nitrogen and oxygen atoms in total. The largest absolute Gasteiger partial charge is 0.484 e. The third-order valence-electron chi connectivity index (χ3n) is 4.05. The van der Waals surface area contributed by atoms with E-state index < -0.39 is 17.3 Å². The summed E-state index contributed by atoms with van der Waals surface area (Å²) in [4.78, 5) is 24.2. The maximum atomic E-state index is 12.3. The van der Waals surface area contributed by atoms with Gasteiger partial charge in [0, 0.05) is 28.1 Å². The van der Waals surface area contributed by atoms with Gasteiger partial charge < -0.3 is 14.5 Å². The van der Waals surface area contributed by atoms with Crippen molar-refractivity contribution in [3.05, 3.63) is 64.5 Å². The molecule has 0 aliphatic heterocycles. The smallest absolute Gasteiger partial charge is 0.336 e. The normalized spacial score (nSPS) is 11.0. The molecular formula is C21H19F2NO4S. The van der Waals surface area contributed by atoms with E-state index in [-0.39, 0.29) is 6.61 Å². The monoisotopic (exact) mass is 419 g/mol. The number of anilines is 1. The molecule has 0 unspecified atom stereocenters. The number of carbonyl (C=O) groups excluding carboxylic acids is 1. The van der Waals surface area contributed by atoms with E-state index in [0.717, 1.165) is 23.8 Å². The molecule has 3 rings (SSSR count). The van der Waals surface area contributed by atoms with Crippen LogP contribution >= 0.6 is 11.8 Å². The molecule has 1 N–H and O–H groups in total. The summed E-state index contributed by atoms with van der Waals surface area (Å²) in [6, 6.07) is 12.7. The van der Waals surface area contributed by atoms with Crippen LogP contribution in [0.3, 0.4) is 0 Å². The lowest BCUT2D eigenvalue weighted by Gasteiger charge is -2.09. The van der Waals surface area contributed by atoms with Crippen molar-refractivity contribution in [2.24, 2.45) is 0 Å². The Morgan fingerprint density at radius 2 is 1.93 bits per heavy atom. The molecule has 0 spiro atoms. The molecule has 8 heteroatoms. The number of fused-ring (bicyclic) bond motifs is 1. The highest BCUT2D eigenvalue weighted by Gasteiger charge is 2.09. The second-order valence-corrected chi connectivity index (χ2v) is 7.30. The molecule has 3 aromatic rings. The van der Waals surface area contributed by atoms with Gasteiger partial charge in [-0.2, -0.15) is 8.78 Å². The summed E-state index contributed by atoms with van der Waals surface area (Å²) in [6.45, 7) is 1.78. The Morgan fingerprint density at radius 3 is 2.62 bits per heavy atom. The molecule has 0 saturated carbocycles. The number of aryl methyl sites for hydroxylation is 1. The van der Waals surface area contributed by atoms with Crippen LogP contribution in [0.2, 0.25) is 0 Å². The van der Waals surface area contributed by atoms with E-state index in [2.05, 4.69) is 5.32 Å². The van der Waals surface area contributed by atoms with Crippen LogP contribution in [0, 0.1) is 0 Å². The van der Waals surface area contributed by atoms with Crippen molar-refractivity contribution in [1.29, 1.82) is 0 Å². The highest BCUT2D eigenvalue weighted by atomic mass is 32.2. The van der Waals surface area contributed by atoms with E-state index in [4.69, 9.17) is 9.15 Å². The van der Waals surface area contributed by atoms with Crippen LogP contribution in [-0.2, 0) is 11.2 Å². The lowest BCUT2D eigenvalue weighted by atomic mass is 10.1. The molecule has 0 fully saturated rings. The van der Waals surface area contributed by atoms with Gasteiger partial charge in [-0.15, -0.1) is 0 Å². The molecule has 0 bridgehead atoms. The summed E-state index contributed by atoms with van der Waals surface area (Å²) in [7, 11) is 0. The van der Waals surface area contributed by atoms with Crippen LogP contribution in [-0.4, -0.2) is 18.3 Å². The van der Waals surface area contributed by atoms with E-state index in [1.165, 1.54) is 18.2 Å². The quantitative estimate of drug-likeness (QED) is 0.407. The fourth-order valence-corrected chi connectivity index (χ4v) is 3.34. The van der Waals surface area contributed by atoms with Crippen LogP contribution < -0.4 is 15.7 Å². The SMILES string of the molecule is CCCc1cc(=O)oc2cc(OCC(=O)Nc3ccc(SC(F)F)cc3)ccc12. The molecule has 1 amide bonds. The molecule has 1 heterocycles. The second-order valence-electron chi connectivity index (χ2n) is 6.24. The van der Waals surface area contributed by atoms with Crippen LogP contribution in [0.25, 0.3) is 11.0 Å². The van der Waals surface area contributed by atoms with Crippen molar-refractivity contribution in [3.63, 3.8) is 0 Å². The number of hydrogen-bond donors (Lipinski definition) is 1. The van der Waals surface area contributed by atoms with Crippen molar-refractivity contribution in [2.45, 2.75) is 30.4 Å². The van der Waals surface area contributed by atoms with Gasteiger partial charge in [0.2, 0.25) is 0 Å². The predicted molar refractivity (Wildman–Crippen MR) is 109 cm³/mol. The van der Waals surface area contributed by atoms with Gasteiger partial charge in [-0.1, -0.05) is 25.1 Å². The zero-order chi connectivity index (χ0) is 20.8. The number of ether oxygens (including phenoxy) is 1. The van der Waals surface area contributed by atoms with Gasteiger partial charge in [0.1, 0.15) is 11.3 Å². The van der Waals surface area contributed by atoms with Gasteiger partial charge in [0.25, 0.3) is 11.7 Å². The standard InChI is InChI=1S/C21H19F2NO4S/c1-2-3-13-10-20(26)28-18-11-15(6-9-17(13)18)27-12-19(25)24-14-4-7-16(8-5-14)29-21(22)23/h4-11,21H,2-3,12H2,1H3,(H,24,25). The first-order valence-electron chi connectivity index (χ1n) is 8.99. The van der Waals surface area contributed by atoms with E-state index in [1.807, 2.05) is 6.92 Å². The average Bonchev–Trinajstić information content (AvgIpc) is 2.67. The van der Waals surface area contributed by atoms with E-state index in [9.17, 15) is 18.4 Å². The number of alkyl halides is 2. The molecule has 0 atom stereocenters. The van der Waals surface area contributed by atoms with Gasteiger partial charge in [0.15, 0.2) is 6.61 Å². The van der Waals surface area contributed by atoms with Crippen molar-refractivity contribution >= 4 is 34.3 Å². The molecular weight excluding hydrogens is 400 g/mol. The summed E-state index contributed by atoms with van der Waals surface area (Å²) >= 11 is 0.437. The minimum Gasteiger partial charge on any atom is -0.484 e. The Bertz CT molecular complexity index is 1050. The molecule has 0 aliphatic rings. The molecule has 0 aliphatic carbocycles. The zero-order valence-corrected chi connectivity index (χ0v) is 16.4. The molecule has 1 aromatic heterocycles.